The number of aromatic nitrogens is 1. The summed E-state index contributed by atoms with van der Waals surface area (Å²) in [6.07, 6.45) is 3.16. The highest BCUT2D eigenvalue weighted by molar-refractivity contribution is 6.36. The van der Waals surface area contributed by atoms with Gasteiger partial charge < -0.3 is 14.4 Å². The normalized spacial score (nSPS) is 21.1. The molecule has 3 heterocycles. The second-order valence-corrected chi connectivity index (χ2v) is 7.53. The maximum absolute atomic E-state index is 13.4. The van der Waals surface area contributed by atoms with Crippen molar-refractivity contribution in [1.29, 1.82) is 0 Å². The summed E-state index contributed by atoms with van der Waals surface area (Å²) < 4.78 is 11.3. The van der Waals surface area contributed by atoms with Crippen LogP contribution in [0.1, 0.15) is 33.5 Å². The summed E-state index contributed by atoms with van der Waals surface area (Å²) in [5.41, 5.74) is 3.35. The molecule has 152 valence electrons. The number of morpholine rings is 1. The Balaban J connectivity index is 1.55. The number of carbonyl (C=O) groups excluding carboxylic acids is 3. The fraction of sp³-hybridized carbons (Fsp3) is 0.304. The van der Waals surface area contributed by atoms with Gasteiger partial charge in [0.25, 0.3) is 5.91 Å². The van der Waals surface area contributed by atoms with Crippen molar-refractivity contribution in [3.8, 4) is 0 Å². The lowest BCUT2D eigenvalue weighted by atomic mass is 9.94. The van der Waals surface area contributed by atoms with Crippen LogP contribution >= 0.6 is 0 Å². The maximum atomic E-state index is 13.4. The number of benzene rings is 1. The zero-order chi connectivity index (χ0) is 20.7. The number of hydrogen-bond acceptors (Lipinski definition) is 6. The van der Waals surface area contributed by atoms with Crippen LogP contribution in [0.3, 0.4) is 0 Å². The fourth-order valence-corrected chi connectivity index (χ4v) is 4.19. The quantitative estimate of drug-likeness (QED) is 0.727. The molecule has 7 heteroatoms. The summed E-state index contributed by atoms with van der Waals surface area (Å²) in [6.45, 7) is 1.77. The van der Waals surface area contributed by atoms with Gasteiger partial charge in [-0.2, -0.15) is 0 Å². The lowest BCUT2D eigenvalue weighted by Crippen LogP contribution is -2.47. The number of pyridine rings is 1. The van der Waals surface area contributed by atoms with Gasteiger partial charge in [0, 0.05) is 43.0 Å². The number of hydrogen-bond donors (Lipinski definition) is 0. The van der Waals surface area contributed by atoms with Crippen molar-refractivity contribution >= 4 is 28.8 Å². The van der Waals surface area contributed by atoms with Crippen molar-refractivity contribution in [3.05, 3.63) is 65.0 Å². The van der Waals surface area contributed by atoms with Crippen LogP contribution in [0.2, 0.25) is 0 Å². The van der Waals surface area contributed by atoms with Gasteiger partial charge in [0.15, 0.2) is 5.78 Å². The van der Waals surface area contributed by atoms with E-state index >= 15 is 0 Å². The van der Waals surface area contributed by atoms with Crippen LogP contribution < -0.4 is 0 Å². The predicted octanol–water partition coefficient (Wildman–Crippen LogP) is 1.91. The first-order valence-corrected chi connectivity index (χ1v) is 10.0. The largest absolute Gasteiger partial charge is 0.471 e. The maximum Gasteiger partial charge on any atom is 0.272 e. The molecule has 2 aliphatic heterocycles. The van der Waals surface area contributed by atoms with Crippen LogP contribution in [0.5, 0.6) is 0 Å². The lowest BCUT2D eigenvalue weighted by Gasteiger charge is -2.28. The minimum absolute atomic E-state index is 0.120. The van der Waals surface area contributed by atoms with E-state index in [0.717, 1.165) is 5.56 Å². The summed E-state index contributed by atoms with van der Waals surface area (Å²) in [5.74, 6) is -0.212. The van der Waals surface area contributed by atoms with E-state index in [1.54, 1.807) is 41.6 Å². The van der Waals surface area contributed by atoms with Gasteiger partial charge in [-0.1, -0.05) is 18.2 Å². The monoisotopic (exact) mass is 404 g/mol. The van der Waals surface area contributed by atoms with E-state index < -0.39 is 6.10 Å². The Morgan fingerprint density at radius 3 is 2.53 bits per heavy atom. The molecule has 1 amide bonds. The molecule has 0 N–H and O–H groups in total. The van der Waals surface area contributed by atoms with Gasteiger partial charge in [-0.05, 0) is 29.7 Å². The van der Waals surface area contributed by atoms with E-state index in [-0.39, 0.29) is 17.5 Å². The van der Waals surface area contributed by atoms with E-state index in [4.69, 9.17) is 9.47 Å². The topological polar surface area (TPSA) is 85.8 Å². The molecular formula is C23H20N2O5. The summed E-state index contributed by atoms with van der Waals surface area (Å²) in [6, 6.07) is 8.91. The van der Waals surface area contributed by atoms with Gasteiger partial charge in [-0.3, -0.25) is 19.4 Å². The number of rotatable bonds is 3. The molecule has 0 saturated carbocycles. The number of carbonyl (C=O) groups is 3. The minimum Gasteiger partial charge on any atom is -0.471 e. The van der Waals surface area contributed by atoms with E-state index in [0.29, 0.717) is 67.2 Å². The molecule has 1 atom stereocenters. The van der Waals surface area contributed by atoms with Crippen LogP contribution in [0, 0.1) is 0 Å². The van der Waals surface area contributed by atoms with E-state index in [9.17, 15) is 14.4 Å². The number of amides is 1. The van der Waals surface area contributed by atoms with Crippen molar-refractivity contribution in [3.63, 3.8) is 0 Å². The zero-order valence-electron chi connectivity index (χ0n) is 16.3. The molecular weight excluding hydrogens is 384 g/mol. The Hall–Kier alpha value is -3.32. The lowest BCUT2D eigenvalue weighted by molar-refractivity contribution is -0.146. The van der Waals surface area contributed by atoms with Crippen LogP contribution in [0.4, 0.5) is 0 Å². The van der Waals surface area contributed by atoms with Gasteiger partial charge in [0.1, 0.15) is 5.76 Å². The fourth-order valence-electron chi connectivity index (χ4n) is 4.19. The zero-order valence-corrected chi connectivity index (χ0v) is 16.3. The van der Waals surface area contributed by atoms with Gasteiger partial charge in [0.05, 0.1) is 18.8 Å². The number of nitrogens with zero attached hydrogens (tertiary/aromatic N) is 2. The number of Topliss-reactive ketones (excluding diaryl/α,β-unsaturated/α-hetero) is 2. The molecule has 0 spiro atoms. The van der Waals surface area contributed by atoms with Gasteiger partial charge in [-0.15, -0.1) is 0 Å². The van der Waals surface area contributed by atoms with E-state index in [2.05, 4.69) is 4.98 Å². The highest BCUT2D eigenvalue weighted by Crippen LogP contribution is 2.38. The van der Waals surface area contributed by atoms with Crippen LogP contribution in [-0.2, 0) is 25.5 Å². The third kappa shape index (κ3) is 3.11. The van der Waals surface area contributed by atoms with Crippen molar-refractivity contribution < 1.29 is 23.9 Å². The van der Waals surface area contributed by atoms with Crippen molar-refractivity contribution in [2.75, 3.05) is 26.3 Å². The van der Waals surface area contributed by atoms with Gasteiger partial charge in [-0.25, -0.2) is 0 Å². The molecule has 1 unspecified atom stereocenters. The highest BCUT2D eigenvalue weighted by atomic mass is 16.5. The molecule has 2 aromatic rings. The van der Waals surface area contributed by atoms with Gasteiger partial charge >= 0.3 is 0 Å². The molecule has 1 aliphatic carbocycles. The minimum atomic E-state index is -1.21. The second-order valence-electron chi connectivity index (χ2n) is 7.53. The van der Waals surface area contributed by atoms with Crippen molar-refractivity contribution in [2.45, 2.75) is 18.9 Å². The summed E-state index contributed by atoms with van der Waals surface area (Å²) >= 11 is 0. The van der Waals surface area contributed by atoms with Crippen molar-refractivity contribution in [2.24, 2.45) is 0 Å². The predicted molar refractivity (Wildman–Crippen MR) is 107 cm³/mol. The number of ether oxygens (including phenoxy) is 2. The third-order valence-corrected chi connectivity index (χ3v) is 5.75. The Kier molecular flexibility index (Phi) is 4.67. The number of aryl methyl sites for hydroxylation is 1. The van der Waals surface area contributed by atoms with Crippen LogP contribution in [-0.4, -0.2) is 59.8 Å². The SMILES string of the molecule is O=C1CCc2cc(C3=C(c4ccncc4)OC(C(=O)N4CCOCC4)C3=O)ccc21. The molecule has 0 radical (unpaired) electrons. The molecule has 1 aromatic carbocycles. The third-order valence-electron chi connectivity index (χ3n) is 5.75. The first-order valence-electron chi connectivity index (χ1n) is 10.0. The van der Waals surface area contributed by atoms with Crippen molar-refractivity contribution in [1.82, 2.24) is 9.88 Å². The first kappa shape index (κ1) is 18.7. The highest BCUT2D eigenvalue weighted by Gasteiger charge is 2.43. The number of ketones is 2. The summed E-state index contributed by atoms with van der Waals surface area (Å²) in [5, 5.41) is 0. The molecule has 30 heavy (non-hydrogen) atoms. The average Bonchev–Trinajstić information content (AvgIpc) is 3.34. The standard InChI is InChI=1S/C23H20N2O5/c26-18-4-2-15-13-16(1-3-17(15)18)19-20(27)22(23(28)25-9-11-29-12-10-25)30-21(19)14-5-7-24-8-6-14/h1,3,5-8,13,22H,2,4,9-12H2. The summed E-state index contributed by atoms with van der Waals surface area (Å²) in [4.78, 5) is 44.1. The smallest absolute Gasteiger partial charge is 0.272 e. The molecule has 1 fully saturated rings. The van der Waals surface area contributed by atoms with Crippen LogP contribution in [0.25, 0.3) is 11.3 Å². The molecule has 0 bridgehead atoms. The van der Waals surface area contributed by atoms with E-state index in [1.165, 1.54) is 0 Å². The Morgan fingerprint density at radius 1 is 1.00 bits per heavy atom. The Morgan fingerprint density at radius 2 is 1.77 bits per heavy atom. The first-order chi connectivity index (χ1) is 14.6. The Labute approximate surface area is 173 Å². The molecule has 7 nitrogen and oxygen atoms in total. The molecule has 5 rings (SSSR count). The molecule has 1 saturated heterocycles. The average molecular weight is 404 g/mol. The second kappa shape index (κ2) is 7.50. The molecule has 1 aromatic heterocycles. The van der Waals surface area contributed by atoms with Crippen LogP contribution in [0.15, 0.2) is 42.7 Å². The summed E-state index contributed by atoms with van der Waals surface area (Å²) in [7, 11) is 0. The molecule has 3 aliphatic rings. The Bertz CT molecular complexity index is 1070. The number of fused-ring (bicyclic) bond motifs is 1. The van der Waals surface area contributed by atoms with Gasteiger partial charge in [0.2, 0.25) is 11.9 Å². The van der Waals surface area contributed by atoms with E-state index in [1.807, 2.05) is 6.07 Å².